The van der Waals surface area contributed by atoms with Crippen molar-refractivity contribution >= 4 is 39.7 Å². The second kappa shape index (κ2) is 19.6. The molecule has 0 aliphatic carbocycles. The van der Waals surface area contributed by atoms with Crippen LogP contribution in [-0.2, 0) is 14.9 Å². The van der Waals surface area contributed by atoms with E-state index in [1.165, 1.54) is 77.0 Å². The molecule has 0 heterocycles. The topological polar surface area (TPSA) is 63.6 Å². The third-order valence-electron chi connectivity index (χ3n) is 4.66. The van der Waals surface area contributed by atoms with Crippen molar-refractivity contribution in [2.45, 2.75) is 109 Å². The van der Waals surface area contributed by atoms with Crippen LogP contribution in [0.4, 0.5) is 0 Å². The zero-order valence-electron chi connectivity index (χ0n) is 16.0. The Morgan fingerprint density at radius 2 is 1.16 bits per heavy atom. The van der Waals surface area contributed by atoms with Crippen molar-refractivity contribution in [1.82, 2.24) is 0 Å². The normalized spacial score (nSPS) is 12.8. The average molecular weight is 389 g/mol. The van der Waals surface area contributed by atoms with Crippen LogP contribution >= 0.6 is 0 Å². The zero-order chi connectivity index (χ0) is 18.1. The Morgan fingerprint density at radius 1 is 0.760 bits per heavy atom. The van der Waals surface area contributed by atoms with E-state index in [0.29, 0.717) is 6.42 Å². The van der Waals surface area contributed by atoms with Crippen LogP contribution in [0.1, 0.15) is 103 Å². The fourth-order valence-electron chi connectivity index (χ4n) is 3.05. The molecule has 0 aliphatic rings. The summed E-state index contributed by atoms with van der Waals surface area (Å²) >= 11 is 0. The van der Waals surface area contributed by atoms with Gasteiger partial charge in [-0.05, 0) is 12.8 Å². The summed E-state index contributed by atoms with van der Waals surface area (Å²) in [5.41, 5.74) is 0. The number of unbranched alkanes of at least 4 members (excludes halogenated alkanes) is 12. The fourth-order valence-corrected chi connectivity index (χ4v) is 3.61. The molecule has 0 aromatic heterocycles. The quantitative estimate of drug-likeness (QED) is 0.201. The first-order chi connectivity index (χ1) is 11.5. The van der Waals surface area contributed by atoms with Gasteiger partial charge in [0.15, 0.2) is 0 Å². The molecule has 0 saturated heterocycles. The van der Waals surface area contributed by atoms with Gasteiger partial charge in [-0.1, -0.05) is 90.4 Å². The monoisotopic (exact) mass is 388 g/mol. The summed E-state index contributed by atoms with van der Waals surface area (Å²) in [7, 11) is -2.26. The summed E-state index contributed by atoms with van der Waals surface area (Å²) in [5, 5.41) is 0. The van der Waals surface area contributed by atoms with E-state index >= 15 is 0 Å². The Kier molecular flexibility index (Phi) is 22.0. The second-order valence-electron chi connectivity index (χ2n) is 6.96. The first-order valence-electron chi connectivity index (χ1n) is 9.97. The van der Waals surface area contributed by atoms with E-state index in [9.17, 15) is 8.42 Å². The predicted molar refractivity (Wildman–Crippen MR) is 109 cm³/mol. The van der Waals surface area contributed by atoms with E-state index in [2.05, 4.69) is 6.92 Å². The third kappa shape index (κ3) is 22.8. The van der Waals surface area contributed by atoms with Crippen LogP contribution in [0.15, 0.2) is 0 Å². The van der Waals surface area contributed by atoms with Crippen molar-refractivity contribution in [1.29, 1.82) is 0 Å². The van der Waals surface area contributed by atoms with Crippen molar-refractivity contribution in [3.8, 4) is 0 Å². The number of ether oxygens (including phenoxy) is 1. The maximum absolute atomic E-state index is 10.7. The Bertz CT molecular complexity index is 360. The first-order valence-corrected chi connectivity index (χ1v) is 11.6. The summed E-state index contributed by atoms with van der Waals surface area (Å²) in [4.78, 5) is 0. The molecule has 148 valence electrons. The molecule has 1 atom stereocenters. The zero-order valence-corrected chi connectivity index (χ0v) is 16.8. The molecule has 0 fully saturated rings. The van der Waals surface area contributed by atoms with Gasteiger partial charge in [0.25, 0.3) is 10.1 Å². The first kappa shape index (κ1) is 28.1. The van der Waals surface area contributed by atoms with E-state index in [1.807, 2.05) is 0 Å². The SMILES string of the molecule is CCCCCCCCCCCCCCCC(CCS(=O)(=O)O)OC.[NaH]. The molecular weight excluding hydrogens is 347 g/mol. The number of methoxy groups -OCH3 is 1. The Labute approximate surface area is 178 Å². The van der Waals surface area contributed by atoms with Crippen molar-refractivity contribution in [2.24, 2.45) is 0 Å². The summed E-state index contributed by atoms with van der Waals surface area (Å²) in [6, 6.07) is 0. The van der Waals surface area contributed by atoms with Crippen molar-refractivity contribution in [2.75, 3.05) is 12.9 Å². The molecule has 0 aliphatic heterocycles. The minimum atomic E-state index is -3.87. The van der Waals surface area contributed by atoms with E-state index < -0.39 is 10.1 Å². The molecule has 1 unspecified atom stereocenters. The number of rotatable bonds is 18. The molecular formula is C19H41NaO4S. The molecule has 0 aromatic carbocycles. The van der Waals surface area contributed by atoms with Crippen molar-refractivity contribution in [3.05, 3.63) is 0 Å². The third-order valence-corrected chi connectivity index (χ3v) is 5.41. The number of hydrogen-bond acceptors (Lipinski definition) is 3. The summed E-state index contributed by atoms with van der Waals surface area (Å²) in [5.74, 6) is -0.204. The molecule has 0 bridgehead atoms. The summed E-state index contributed by atoms with van der Waals surface area (Å²) in [6.45, 7) is 2.26. The van der Waals surface area contributed by atoms with Gasteiger partial charge in [0, 0.05) is 7.11 Å². The van der Waals surface area contributed by atoms with Gasteiger partial charge in [-0.15, -0.1) is 0 Å². The molecule has 1 N–H and O–H groups in total. The van der Waals surface area contributed by atoms with Gasteiger partial charge < -0.3 is 4.74 Å². The molecule has 0 spiro atoms. The van der Waals surface area contributed by atoms with E-state index in [-0.39, 0.29) is 41.4 Å². The van der Waals surface area contributed by atoms with E-state index in [4.69, 9.17) is 9.29 Å². The van der Waals surface area contributed by atoms with E-state index in [1.54, 1.807) is 7.11 Å². The predicted octanol–water partition coefficient (Wildman–Crippen LogP) is 5.11. The Balaban J connectivity index is 0. The molecule has 0 amide bonds. The Hall–Kier alpha value is 0.870. The molecule has 6 heteroatoms. The van der Waals surface area contributed by atoms with Crippen LogP contribution in [0.3, 0.4) is 0 Å². The second-order valence-corrected chi connectivity index (χ2v) is 8.54. The minimum absolute atomic E-state index is 0. The van der Waals surface area contributed by atoms with Crippen LogP contribution in [0.2, 0.25) is 0 Å². The van der Waals surface area contributed by atoms with Gasteiger partial charge in [0.1, 0.15) is 0 Å². The van der Waals surface area contributed by atoms with Crippen LogP contribution in [0.5, 0.6) is 0 Å². The van der Waals surface area contributed by atoms with Crippen LogP contribution < -0.4 is 0 Å². The molecule has 0 rings (SSSR count). The number of hydrogen-bond donors (Lipinski definition) is 1. The molecule has 0 radical (unpaired) electrons. The standard InChI is InChI=1S/C19H40O4S.Na.H/c1-3-4-5-6-7-8-9-10-11-12-13-14-15-16-19(23-2)17-18-24(20,21)22;;/h19H,3-18H2,1-2H3,(H,20,21,22);;. The van der Waals surface area contributed by atoms with Crippen molar-refractivity contribution in [3.63, 3.8) is 0 Å². The summed E-state index contributed by atoms with van der Waals surface area (Å²) < 4.78 is 35.5. The van der Waals surface area contributed by atoms with Crippen LogP contribution in [0, 0.1) is 0 Å². The van der Waals surface area contributed by atoms with Crippen molar-refractivity contribution < 1.29 is 17.7 Å². The molecule has 4 nitrogen and oxygen atoms in total. The fraction of sp³-hybridized carbons (Fsp3) is 1.00. The molecule has 25 heavy (non-hydrogen) atoms. The van der Waals surface area contributed by atoms with E-state index in [0.717, 1.165) is 12.8 Å². The van der Waals surface area contributed by atoms with Crippen LogP contribution in [-0.4, -0.2) is 61.5 Å². The molecule has 0 aromatic rings. The maximum atomic E-state index is 10.7. The van der Waals surface area contributed by atoms with Gasteiger partial charge in [-0.25, -0.2) is 0 Å². The Morgan fingerprint density at radius 3 is 1.52 bits per heavy atom. The van der Waals surface area contributed by atoms with Gasteiger partial charge in [0.2, 0.25) is 0 Å². The van der Waals surface area contributed by atoms with Crippen LogP contribution in [0.25, 0.3) is 0 Å². The van der Waals surface area contributed by atoms with Gasteiger partial charge >= 0.3 is 29.6 Å². The molecule has 0 saturated carbocycles. The van der Waals surface area contributed by atoms with Gasteiger partial charge in [-0.2, -0.15) is 8.42 Å². The summed E-state index contributed by atoms with van der Waals surface area (Å²) in [6.07, 6.45) is 18.4. The average Bonchev–Trinajstić information content (AvgIpc) is 2.53. The van der Waals surface area contributed by atoms with Gasteiger partial charge in [-0.3, -0.25) is 4.55 Å². The van der Waals surface area contributed by atoms with Gasteiger partial charge in [0.05, 0.1) is 11.9 Å².